The van der Waals surface area contributed by atoms with Crippen molar-refractivity contribution in [3.05, 3.63) is 69.8 Å². The summed E-state index contributed by atoms with van der Waals surface area (Å²) in [5.74, 6) is -2.96. The first-order chi connectivity index (χ1) is 22.3. The second kappa shape index (κ2) is 24.2. The number of benzene rings is 2. The monoisotopic (exact) mass is 683 g/mol. The number of Topliss-reactive ketones (excluding diaryl/α,β-unsaturated/α-hetero) is 1. The van der Waals surface area contributed by atoms with E-state index in [-0.39, 0.29) is 23.8 Å². The van der Waals surface area contributed by atoms with E-state index in [9.17, 15) is 26.7 Å². The first-order valence-corrected chi connectivity index (χ1v) is 17.3. The Kier molecular flexibility index (Phi) is 23.8. The van der Waals surface area contributed by atoms with Gasteiger partial charge in [0, 0.05) is 55.6 Å². The summed E-state index contributed by atoms with van der Waals surface area (Å²) in [6, 6.07) is 11.8. The Bertz CT molecular complexity index is 1210. The zero-order chi connectivity index (χ0) is 37.6. The van der Waals surface area contributed by atoms with E-state index in [1.54, 1.807) is 13.0 Å². The lowest BCUT2D eigenvalue weighted by atomic mass is 9.78. The van der Waals surface area contributed by atoms with E-state index in [0.717, 1.165) is 63.1 Å². The van der Waals surface area contributed by atoms with Crippen molar-refractivity contribution in [3.8, 4) is 0 Å². The molecule has 48 heavy (non-hydrogen) atoms. The fraction of sp³-hybridized carbons (Fsp3) is 0.615. The van der Waals surface area contributed by atoms with Crippen LogP contribution in [0.2, 0.25) is 0 Å². The zero-order valence-corrected chi connectivity index (χ0v) is 31.1. The van der Waals surface area contributed by atoms with Gasteiger partial charge in [0.2, 0.25) is 0 Å². The molecule has 9 heteroatoms. The fourth-order valence-corrected chi connectivity index (χ4v) is 4.99. The first kappa shape index (κ1) is 47.2. The van der Waals surface area contributed by atoms with Gasteiger partial charge in [-0.25, -0.2) is 8.78 Å². The van der Waals surface area contributed by atoms with Gasteiger partial charge in [0.25, 0.3) is 5.92 Å². The number of hydrogen-bond donors (Lipinski definition) is 3. The Balaban J connectivity index is 0. The Morgan fingerprint density at radius 3 is 1.94 bits per heavy atom. The van der Waals surface area contributed by atoms with Gasteiger partial charge in [-0.1, -0.05) is 77.3 Å². The van der Waals surface area contributed by atoms with Crippen LogP contribution < -0.4 is 5.32 Å². The molecule has 2 aromatic rings. The summed E-state index contributed by atoms with van der Waals surface area (Å²) < 4.78 is 59.5. The standard InChI is InChI=1S/C21H31F2NO.C12H17N.C2H3F3.C2H5N.C2H6/c1-5-7-9-19(25)17-12-15(14-24-20(3)10-8-11-20)13-18(16(17)6-2)21(4,22)23;1-3-5-12(13)9-11-7-4-6-10(2)8-11;1-2(3,4)5;1-2-3;1-2/h12-13,24H,5-11,14H2,1-4H3;4,6-8,13H,3,5,9H2,1-2H3;1H3;2-3H,1H3;1-2H3. The highest BCUT2D eigenvalue weighted by atomic mass is 19.4. The van der Waals surface area contributed by atoms with Gasteiger partial charge in [0.05, 0.1) is 0 Å². The van der Waals surface area contributed by atoms with Crippen LogP contribution in [0.5, 0.6) is 0 Å². The second-order valence-corrected chi connectivity index (χ2v) is 12.3. The molecule has 1 fully saturated rings. The van der Waals surface area contributed by atoms with Crippen molar-refractivity contribution in [1.29, 1.82) is 10.8 Å². The van der Waals surface area contributed by atoms with Crippen LogP contribution in [0.3, 0.4) is 0 Å². The number of halogens is 5. The van der Waals surface area contributed by atoms with Gasteiger partial charge in [0.1, 0.15) is 0 Å². The third kappa shape index (κ3) is 21.1. The lowest BCUT2D eigenvalue weighted by Gasteiger charge is -2.39. The van der Waals surface area contributed by atoms with Gasteiger partial charge < -0.3 is 16.1 Å². The quantitative estimate of drug-likeness (QED) is 0.112. The molecule has 0 heterocycles. The van der Waals surface area contributed by atoms with Gasteiger partial charge in [-0.3, -0.25) is 4.79 Å². The Morgan fingerprint density at radius 1 is 0.958 bits per heavy atom. The highest BCUT2D eigenvalue weighted by Crippen LogP contribution is 2.35. The van der Waals surface area contributed by atoms with E-state index in [4.69, 9.17) is 10.8 Å². The van der Waals surface area contributed by atoms with Crippen molar-refractivity contribution in [2.45, 2.75) is 158 Å². The molecule has 4 nitrogen and oxygen atoms in total. The van der Waals surface area contributed by atoms with Crippen molar-refractivity contribution in [2.24, 2.45) is 0 Å². The molecule has 0 spiro atoms. The first-order valence-electron chi connectivity index (χ1n) is 17.3. The molecule has 0 amide bonds. The number of carbonyl (C=O) groups excluding carboxylic acids is 1. The summed E-state index contributed by atoms with van der Waals surface area (Å²) >= 11 is 0. The molecule has 0 atom stereocenters. The van der Waals surface area contributed by atoms with E-state index >= 15 is 0 Å². The van der Waals surface area contributed by atoms with Crippen LogP contribution in [0.15, 0.2) is 36.4 Å². The molecule has 0 radical (unpaired) electrons. The maximum absolute atomic E-state index is 14.2. The minimum atomic E-state index is -4.00. The predicted octanol–water partition coefficient (Wildman–Crippen LogP) is 12.4. The maximum atomic E-state index is 14.2. The maximum Gasteiger partial charge on any atom is 0.386 e. The summed E-state index contributed by atoms with van der Waals surface area (Å²) in [4.78, 5) is 12.6. The topological polar surface area (TPSA) is 76.8 Å². The van der Waals surface area contributed by atoms with Crippen molar-refractivity contribution >= 4 is 17.7 Å². The van der Waals surface area contributed by atoms with E-state index < -0.39 is 12.1 Å². The molecule has 1 aliphatic rings. The number of carbonyl (C=O) groups is 1. The Labute approximate surface area is 287 Å². The summed E-state index contributed by atoms with van der Waals surface area (Å²) in [6.07, 6.45) is 6.07. The van der Waals surface area contributed by atoms with E-state index in [1.807, 2.05) is 33.8 Å². The van der Waals surface area contributed by atoms with Crippen LogP contribution in [-0.4, -0.2) is 29.4 Å². The van der Waals surface area contributed by atoms with E-state index in [0.29, 0.717) is 30.5 Å². The Hall–Kier alpha value is -2.94. The predicted molar refractivity (Wildman–Crippen MR) is 193 cm³/mol. The largest absolute Gasteiger partial charge is 0.386 e. The third-order valence-electron chi connectivity index (χ3n) is 7.42. The zero-order valence-electron chi connectivity index (χ0n) is 31.1. The lowest BCUT2D eigenvalue weighted by molar-refractivity contribution is -0.110. The highest BCUT2D eigenvalue weighted by molar-refractivity contribution is 5.98. The minimum absolute atomic E-state index is 0.00732. The van der Waals surface area contributed by atoms with Crippen molar-refractivity contribution in [1.82, 2.24) is 5.32 Å². The van der Waals surface area contributed by atoms with Gasteiger partial charge in [0.15, 0.2) is 5.78 Å². The lowest BCUT2D eigenvalue weighted by Crippen LogP contribution is -2.47. The number of unbranched alkanes of at least 4 members (excludes halogenated alkanes) is 1. The number of nitrogens with one attached hydrogen (secondary N) is 3. The molecule has 3 rings (SSSR count). The van der Waals surface area contributed by atoms with Crippen molar-refractivity contribution < 1.29 is 26.7 Å². The number of hydrogen-bond acceptors (Lipinski definition) is 4. The van der Waals surface area contributed by atoms with Gasteiger partial charge in [-0.05, 0) is 94.3 Å². The van der Waals surface area contributed by atoms with E-state index in [2.05, 4.69) is 50.4 Å². The van der Waals surface area contributed by atoms with Crippen molar-refractivity contribution in [3.63, 3.8) is 0 Å². The van der Waals surface area contributed by atoms with Gasteiger partial charge in [-0.2, -0.15) is 13.2 Å². The van der Waals surface area contributed by atoms with Crippen LogP contribution in [0.1, 0.15) is 152 Å². The molecule has 0 aliphatic heterocycles. The second-order valence-electron chi connectivity index (χ2n) is 12.3. The third-order valence-corrected chi connectivity index (χ3v) is 7.42. The average molecular weight is 684 g/mol. The summed E-state index contributed by atoms with van der Waals surface area (Å²) in [5, 5.41) is 17.3. The molecular weight excluding hydrogens is 621 g/mol. The molecule has 0 bridgehead atoms. The van der Waals surface area contributed by atoms with Crippen LogP contribution in [0.4, 0.5) is 22.0 Å². The molecule has 2 aromatic carbocycles. The SMILES string of the molecule is CC.CC(F)(F)F.CC=N.CCCC(=N)Cc1cccc(C)c1.CCCCC(=O)c1cc(CNC2(C)CCC2)cc(C(C)(F)F)c1CC. The molecular formula is C39H62F5N3O. The number of aryl methyl sites for hydroxylation is 1. The fourth-order valence-electron chi connectivity index (χ4n) is 4.99. The smallest absolute Gasteiger partial charge is 0.313 e. The van der Waals surface area contributed by atoms with Crippen molar-refractivity contribution in [2.75, 3.05) is 0 Å². The molecule has 3 N–H and O–H groups in total. The normalized spacial score (nSPS) is 13.0. The number of rotatable bonds is 13. The van der Waals surface area contributed by atoms with Crippen LogP contribution >= 0.6 is 0 Å². The molecule has 1 aliphatic carbocycles. The molecule has 0 unspecified atom stereocenters. The average Bonchev–Trinajstić information content (AvgIpc) is 2.98. The summed E-state index contributed by atoms with van der Waals surface area (Å²) in [6.45, 7) is 17.5. The molecule has 274 valence electrons. The van der Waals surface area contributed by atoms with Gasteiger partial charge in [-0.15, -0.1) is 0 Å². The summed E-state index contributed by atoms with van der Waals surface area (Å²) in [7, 11) is 0. The van der Waals surface area contributed by atoms with Crippen LogP contribution in [-0.2, 0) is 25.3 Å². The van der Waals surface area contributed by atoms with Crippen LogP contribution in [0.25, 0.3) is 0 Å². The number of ketones is 1. The van der Waals surface area contributed by atoms with Crippen LogP contribution in [0, 0.1) is 17.7 Å². The minimum Gasteiger partial charge on any atom is -0.313 e. The summed E-state index contributed by atoms with van der Waals surface area (Å²) in [5.41, 5.74) is 5.27. The highest BCUT2D eigenvalue weighted by Gasteiger charge is 2.33. The molecule has 1 saturated carbocycles. The molecule has 0 aromatic heterocycles. The Morgan fingerprint density at radius 2 is 1.52 bits per heavy atom. The molecule has 0 saturated heterocycles. The van der Waals surface area contributed by atoms with Gasteiger partial charge >= 0.3 is 6.18 Å². The van der Waals surface area contributed by atoms with E-state index in [1.165, 1.54) is 23.8 Å². The number of alkyl halides is 5.